The van der Waals surface area contributed by atoms with E-state index in [0.717, 1.165) is 39.6 Å². The number of para-hydroxylation sites is 2. The fraction of sp³-hybridized carbons (Fsp3) is 0. The summed E-state index contributed by atoms with van der Waals surface area (Å²) in [6.07, 6.45) is 4.28. The van der Waals surface area contributed by atoms with Crippen LogP contribution in [0.1, 0.15) is 16.7 Å². The van der Waals surface area contributed by atoms with Crippen molar-refractivity contribution in [3.63, 3.8) is 0 Å². The number of nitriles is 1. The van der Waals surface area contributed by atoms with Crippen LogP contribution in [0, 0.1) is 11.3 Å². The molecule has 1 N–H and O–H groups in total. The first-order chi connectivity index (χ1) is 20.7. The summed E-state index contributed by atoms with van der Waals surface area (Å²) in [7, 11) is 0. The molecule has 3 nitrogen and oxygen atoms in total. The van der Waals surface area contributed by atoms with E-state index in [9.17, 15) is 5.26 Å². The molecule has 3 heteroatoms. The minimum absolute atomic E-state index is 0.648. The average Bonchev–Trinajstić information content (AvgIpc) is 3.06. The second-order valence-corrected chi connectivity index (χ2v) is 9.94. The summed E-state index contributed by atoms with van der Waals surface area (Å²) in [4.78, 5) is 2.19. The number of nitrogens with one attached hydrogen (secondary N) is 1. The zero-order valence-electron chi connectivity index (χ0n) is 23.1. The highest BCUT2D eigenvalue weighted by Crippen LogP contribution is 2.34. The molecule has 42 heavy (non-hydrogen) atoms. The first-order valence-corrected chi connectivity index (χ1v) is 13.9. The molecule has 0 aromatic heterocycles. The SMILES string of the molecule is N#Cc1ccc(N(c2ccccc2)c2ccc(/C=C/c3ccc(-c4ccc(Nc5ccccc5)cc4)cc3)cc2)cc1. The van der Waals surface area contributed by atoms with E-state index >= 15 is 0 Å². The Morgan fingerprint density at radius 3 is 1.43 bits per heavy atom. The standard InChI is InChI=1S/C39H29N3/c40-29-32-17-27-39(28-18-32)42(37-9-5-2-6-10-37)38-25-15-31(16-26-38)12-11-30-13-19-33(20-14-30)34-21-23-36(24-22-34)41-35-7-3-1-4-8-35/h1-28,41H/b12-11+. The van der Waals surface area contributed by atoms with Crippen LogP contribution in [0.4, 0.5) is 28.4 Å². The van der Waals surface area contributed by atoms with Crippen molar-refractivity contribution in [2.75, 3.05) is 10.2 Å². The number of nitrogens with zero attached hydrogens (tertiary/aromatic N) is 2. The third kappa shape index (κ3) is 6.31. The maximum Gasteiger partial charge on any atom is 0.0991 e. The molecule has 0 unspecified atom stereocenters. The lowest BCUT2D eigenvalue weighted by molar-refractivity contribution is 1.28. The maximum atomic E-state index is 9.21. The van der Waals surface area contributed by atoms with Crippen molar-refractivity contribution in [1.82, 2.24) is 0 Å². The molecule has 0 aliphatic heterocycles. The van der Waals surface area contributed by atoms with Crippen LogP contribution in [0.5, 0.6) is 0 Å². The summed E-state index contributed by atoms with van der Waals surface area (Å²) in [5.41, 5.74) is 10.6. The first-order valence-electron chi connectivity index (χ1n) is 13.9. The van der Waals surface area contributed by atoms with Crippen LogP contribution in [0.25, 0.3) is 23.3 Å². The van der Waals surface area contributed by atoms with E-state index in [1.165, 1.54) is 11.1 Å². The zero-order chi connectivity index (χ0) is 28.6. The Bertz CT molecular complexity index is 1800. The van der Waals surface area contributed by atoms with E-state index < -0.39 is 0 Å². The highest BCUT2D eigenvalue weighted by Gasteiger charge is 2.12. The van der Waals surface area contributed by atoms with E-state index in [-0.39, 0.29) is 0 Å². The predicted octanol–water partition coefficient (Wildman–Crippen LogP) is 10.6. The molecular weight excluding hydrogens is 510 g/mol. The van der Waals surface area contributed by atoms with Gasteiger partial charge in [-0.05, 0) is 95.1 Å². The maximum absolute atomic E-state index is 9.21. The van der Waals surface area contributed by atoms with Gasteiger partial charge in [0.2, 0.25) is 0 Å². The predicted molar refractivity (Wildman–Crippen MR) is 176 cm³/mol. The molecule has 0 bridgehead atoms. The van der Waals surface area contributed by atoms with Crippen LogP contribution in [0.3, 0.4) is 0 Å². The number of hydrogen-bond donors (Lipinski definition) is 1. The van der Waals surface area contributed by atoms with Gasteiger partial charge in [0.1, 0.15) is 0 Å². The van der Waals surface area contributed by atoms with Gasteiger partial charge in [0.05, 0.1) is 11.6 Å². The normalized spacial score (nSPS) is 10.7. The van der Waals surface area contributed by atoms with Gasteiger partial charge < -0.3 is 10.2 Å². The summed E-state index contributed by atoms with van der Waals surface area (Å²) >= 11 is 0. The van der Waals surface area contributed by atoms with E-state index in [4.69, 9.17) is 0 Å². The topological polar surface area (TPSA) is 39.1 Å². The lowest BCUT2D eigenvalue weighted by Crippen LogP contribution is -2.09. The van der Waals surface area contributed by atoms with E-state index in [0.29, 0.717) is 5.56 Å². The van der Waals surface area contributed by atoms with Crippen molar-refractivity contribution < 1.29 is 0 Å². The number of benzene rings is 6. The van der Waals surface area contributed by atoms with Crippen molar-refractivity contribution in [3.8, 4) is 17.2 Å². The fourth-order valence-electron chi connectivity index (χ4n) is 4.86. The lowest BCUT2D eigenvalue weighted by atomic mass is 10.0. The van der Waals surface area contributed by atoms with Crippen LogP contribution < -0.4 is 10.2 Å². The zero-order valence-corrected chi connectivity index (χ0v) is 23.1. The first kappa shape index (κ1) is 26.4. The van der Waals surface area contributed by atoms with Gasteiger partial charge in [-0.25, -0.2) is 0 Å². The molecule has 0 atom stereocenters. The van der Waals surface area contributed by atoms with Gasteiger partial charge in [-0.1, -0.05) is 97.1 Å². The Hall–Kier alpha value is -5.85. The second kappa shape index (κ2) is 12.6. The third-order valence-electron chi connectivity index (χ3n) is 7.08. The fourth-order valence-corrected chi connectivity index (χ4v) is 4.86. The molecule has 0 aliphatic carbocycles. The lowest BCUT2D eigenvalue weighted by Gasteiger charge is -2.25. The smallest absolute Gasteiger partial charge is 0.0991 e. The van der Waals surface area contributed by atoms with Gasteiger partial charge in [0.15, 0.2) is 0 Å². The molecule has 0 fully saturated rings. The van der Waals surface area contributed by atoms with Gasteiger partial charge in [0, 0.05) is 28.4 Å². The van der Waals surface area contributed by atoms with Gasteiger partial charge in [-0.3, -0.25) is 0 Å². The van der Waals surface area contributed by atoms with Crippen LogP contribution in [0.2, 0.25) is 0 Å². The summed E-state index contributed by atoms with van der Waals surface area (Å²) in [6.45, 7) is 0. The molecule has 6 aromatic rings. The van der Waals surface area contributed by atoms with Crippen molar-refractivity contribution in [2.24, 2.45) is 0 Å². The molecule has 200 valence electrons. The highest BCUT2D eigenvalue weighted by atomic mass is 15.1. The van der Waals surface area contributed by atoms with Crippen LogP contribution in [-0.4, -0.2) is 0 Å². The number of rotatable bonds is 8. The van der Waals surface area contributed by atoms with Crippen LogP contribution in [-0.2, 0) is 0 Å². The van der Waals surface area contributed by atoms with E-state index in [2.05, 4.69) is 125 Å². The van der Waals surface area contributed by atoms with Gasteiger partial charge in [0.25, 0.3) is 0 Å². The largest absolute Gasteiger partial charge is 0.356 e. The van der Waals surface area contributed by atoms with Crippen molar-refractivity contribution >= 4 is 40.6 Å². The van der Waals surface area contributed by atoms with Gasteiger partial charge >= 0.3 is 0 Å². The second-order valence-electron chi connectivity index (χ2n) is 9.94. The molecule has 0 radical (unpaired) electrons. The van der Waals surface area contributed by atoms with Crippen molar-refractivity contribution in [1.29, 1.82) is 5.26 Å². The molecule has 0 saturated carbocycles. The molecule has 0 spiro atoms. The van der Waals surface area contributed by atoms with E-state index in [1.807, 2.05) is 60.7 Å². The molecule has 0 saturated heterocycles. The van der Waals surface area contributed by atoms with Crippen molar-refractivity contribution in [3.05, 3.63) is 174 Å². The minimum atomic E-state index is 0.648. The molecule has 0 aliphatic rings. The van der Waals surface area contributed by atoms with Gasteiger partial charge in [-0.2, -0.15) is 5.26 Å². The quantitative estimate of drug-likeness (QED) is 0.196. The molecule has 6 aromatic carbocycles. The summed E-state index contributed by atoms with van der Waals surface area (Å²) in [5.74, 6) is 0. The Morgan fingerprint density at radius 2 is 0.881 bits per heavy atom. The summed E-state index contributed by atoms with van der Waals surface area (Å²) in [5, 5.41) is 12.6. The molecule has 6 rings (SSSR count). The monoisotopic (exact) mass is 539 g/mol. The number of hydrogen-bond acceptors (Lipinski definition) is 3. The summed E-state index contributed by atoms with van der Waals surface area (Å²) < 4.78 is 0. The number of anilines is 5. The Kier molecular flexibility index (Phi) is 7.88. The summed E-state index contributed by atoms with van der Waals surface area (Å²) in [6, 6.07) is 56.0. The Balaban J connectivity index is 1.14. The Morgan fingerprint density at radius 1 is 0.452 bits per heavy atom. The molecular formula is C39H29N3. The van der Waals surface area contributed by atoms with Gasteiger partial charge in [-0.15, -0.1) is 0 Å². The molecule has 0 amide bonds. The Labute approximate surface area is 247 Å². The highest BCUT2D eigenvalue weighted by molar-refractivity contribution is 5.79. The van der Waals surface area contributed by atoms with Crippen LogP contribution in [0.15, 0.2) is 158 Å². The van der Waals surface area contributed by atoms with Crippen molar-refractivity contribution in [2.45, 2.75) is 0 Å². The van der Waals surface area contributed by atoms with Crippen LogP contribution >= 0.6 is 0 Å². The average molecular weight is 540 g/mol. The minimum Gasteiger partial charge on any atom is -0.356 e. The molecule has 0 heterocycles. The van der Waals surface area contributed by atoms with E-state index in [1.54, 1.807) is 0 Å². The third-order valence-corrected chi connectivity index (χ3v) is 7.08.